The summed E-state index contributed by atoms with van der Waals surface area (Å²) in [5, 5.41) is 2.73. The van der Waals surface area contributed by atoms with E-state index in [9.17, 15) is 9.59 Å². The van der Waals surface area contributed by atoms with Crippen LogP contribution < -0.4 is 5.32 Å². The minimum Gasteiger partial charge on any atom is -0.379 e. The molecule has 0 unspecified atom stereocenters. The second-order valence-corrected chi connectivity index (χ2v) is 8.98. The molecule has 0 aliphatic rings. The van der Waals surface area contributed by atoms with Gasteiger partial charge in [0.2, 0.25) is 5.91 Å². The number of Topliss-reactive ketones (excluding diaryl/α,β-unsaturated/α-hetero) is 1. The number of amides is 1. The molecule has 1 N–H and O–H groups in total. The number of carbonyl (C=O) groups is 2. The first kappa shape index (κ1) is 28.9. The largest absolute Gasteiger partial charge is 0.379 e. The molecule has 0 saturated heterocycles. The molecule has 0 atom stereocenters. The van der Waals surface area contributed by atoms with Crippen LogP contribution >= 0.6 is 0 Å². The van der Waals surface area contributed by atoms with Gasteiger partial charge in [0.15, 0.2) is 0 Å². The summed E-state index contributed by atoms with van der Waals surface area (Å²) in [6, 6.07) is 0. The highest BCUT2D eigenvalue weighted by molar-refractivity contribution is 5.83. The monoisotopic (exact) mass is 433 g/mol. The van der Waals surface area contributed by atoms with E-state index < -0.39 is 0 Å². The third-order valence-corrected chi connectivity index (χ3v) is 3.85. The Balaban J connectivity index is 3.25. The number of nitrogens with one attached hydrogen (secondary N) is 1. The number of hydrogen-bond acceptors (Lipinski definition) is 7. The summed E-state index contributed by atoms with van der Waals surface area (Å²) >= 11 is 0. The molecular formula is C22H43NO7. The molecule has 0 radical (unpaired) electrons. The van der Waals surface area contributed by atoms with Crippen molar-refractivity contribution in [1.82, 2.24) is 5.32 Å². The van der Waals surface area contributed by atoms with Crippen molar-refractivity contribution < 1.29 is 33.3 Å². The molecule has 0 rings (SSSR count). The number of carbonyl (C=O) groups excluding carboxylic acids is 2. The summed E-state index contributed by atoms with van der Waals surface area (Å²) in [5.74, 6) is 0.114. The van der Waals surface area contributed by atoms with Gasteiger partial charge in [-0.15, -0.1) is 0 Å². The molecule has 178 valence electrons. The maximum atomic E-state index is 11.8. The molecule has 0 aromatic carbocycles. The van der Waals surface area contributed by atoms with Gasteiger partial charge in [0, 0.05) is 25.0 Å². The maximum Gasteiger partial charge on any atom is 0.246 e. The van der Waals surface area contributed by atoms with Crippen LogP contribution in [0.25, 0.3) is 0 Å². The van der Waals surface area contributed by atoms with E-state index in [2.05, 4.69) is 5.32 Å². The molecule has 0 aromatic heterocycles. The molecule has 0 aliphatic heterocycles. The van der Waals surface area contributed by atoms with Gasteiger partial charge in [-0.2, -0.15) is 0 Å². The summed E-state index contributed by atoms with van der Waals surface area (Å²) in [6.45, 7) is 16.0. The van der Waals surface area contributed by atoms with Crippen molar-refractivity contribution in [3.05, 3.63) is 0 Å². The summed E-state index contributed by atoms with van der Waals surface area (Å²) in [6.07, 6.45) is 1.30. The third-order valence-electron chi connectivity index (χ3n) is 3.85. The number of rotatable bonds is 18. The molecule has 0 fully saturated rings. The fraction of sp³-hybridized carbons (Fsp3) is 0.909. The lowest BCUT2D eigenvalue weighted by molar-refractivity contribution is -0.130. The zero-order valence-electron chi connectivity index (χ0n) is 19.8. The van der Waals surface area contributed by atoms with E-state index in [0.717, 1.165) is 6.42 Å². The molecular weight excluding hydrogens is 390 g/mol. The average molecular weight is 434 g/mol. The van der Waals surface area contributed by atoms with E-state index in [4.69, 9.17) is 23.7 Å². The van der Waals surface area contributed by atoms with Gasteiger partial charge in [-0.25, -0.2) is 0 Å². The highest BCUT2D eigenvalue weighted by Crippen LogP contribution is 2.17. The fourth-order valence-corrected chi connectivity index (χ4v) is 2.07. The maximum absolute atomic E-state index is 11.8. The summed E-state index contributed by atoms with van der Waals surface area (Å²) in [5.41, 5.74) is -0.596. The Kier molecular flexibility index (Phi) is 16.0. The zero-order chi connectivity index (χ0) is 22.9. The summed E-state index contributed by atoms with van der Waals surface area (Å²) in [7, 11) is 0. The van der Waals surface area contributed by atoms with Crippen molar-refractivity contribution in [2.45, 2.75) is 60.0 Å². The Morgan fingerprint density at radius 1 is 0.700 bits per heavy atom. The smallest absolute Gasteiger partial charge is 0.246 e. The van der Waals surface area contributed by atoms with Gasteiger partial charge in [0.1, 0.15) is 12.4 Å². The van der Waals surface area contributed by atoms with E-state index in [-0.39, 0.29) is 29.3 Å². The van der Waals surface area contributed by atoms with Crippen LogP contribution in [0.15, 0.2) is 0 Å². The Hall–Kier alpha value is -1.06. The van der Waals surface area contributed by atoms with Crippen molar-refractivity contribution in [1.29, 1.82) is 0 Å². The van der Waals surface area contributed by atoms with Gasteiger partial charge in [-0.05, 0) is 27.2 Å². The molecule has 0 spiro atoms. The highest BCUT2D eigenvalue weighted by Gasteiger charge is 2.19. The van der Waals surface area contributed by atoms with Crippen LogP contribution in [0.3, 0.4) is 0 Å². The Labute approximate surface area is 182 Å². The van der Waals surface area contributed by atoms with Gasteiger partial charge in [-0.3, -0.25) is 9.59 Å². The second-order valence-electron chi connectivity index (χ2n) is 8.98. The lowest BCUT2D eigenvalue weighted by Gasteiger charge is -2.18. The molecule has 0 aliphatic carbocycles. The van der Waals surface area contributed by atoms with Gasteiger partial charge in [-0.1, -0.05) is 20.8 Å². The molecule has 8 nitrogen and oxygen atoms in total. The minimum absolute atomic E-state index is 0.0501. The van der Waals surface area contributed by atoms with Crippen LogP contribution in [0.1, 0.15) is 54.4 Å². The summed E-state index contributed by atoms with van der Waals surface area (Å²) in [4.78, 5) is 23.3. The Morgan fingerprint density at radius 3 is 1.63 bits per heavy atom. The van der Waals surface area contributed by atoms with E-state index in [1.165, 1.54) is 0 Å². The van der Waals surface area contributed by atoms with E-state index in [1.54, 1.807) is 0 Å². The van der Waals surface area contributed by atoms with Crippen LogP contribution in [0, 0.1) is 5.41 Å². The standard InChI is InChI=1S/C22H43NO7/c1-21(2,3)19(24)8-7-10-26-12-14-28-16-17-29-15-13-27-11-9-23-20(25)18-30-22(4,5)6/h7-18H2,1-6H3,(H,23,25). The second kappa shape index (κ2) is 16.6. The van der Waals surface area contributed by atoms with Crippen molar-refractivity contribution in [3.63, 3.8) is 0 Å². The first-order chi connectivity index (χ1) is 14.0. The normalized spacial score (nSPS) is 12.2. The quantitative estimate of drug-likeness (QED) is 0.332. The third kappa shape index (κ3) is 20.2. The van der Waals surface area contributed by atoms with Gasteiger partial charge in [0.05, 0.1) is 51.8 Å². The van der Waals surface area contributed by atoms with Crippen LogP contribution in [-0.2, 0) is 33.3 Å². The summed E-state index contributed by atoms with van der Waals surface area (Å²) < 4.78 is 27.0. The lowest BCUT2D eigenvalue weighted by Crippen LogP contribution is -2.34. The van der Waals surface area contributed by atoms with E-state index in [1.807, 2.05) is 41.5 Å². The molecule has 1 amide bonds. The topological polar surface area (TPSA) is 92.3 Å². The first-order valence-electron chi connectivity index (χ1n) is 10.8. The first-order valence-corrected chi connectivity index (χ1v) is 10.8. The molecule has 8 heteroatoms. The predicted molar refractivity (Wildman–Crippen MR) is 116 cm³/mol. The average Bonchev–Trinajstić information content (AvgIpc) is 2.64. The van der Waals surface area contributed by atoms with Gasteiger partial charge < -0.3 is 29.0 Å². The van der Waals surface area contributed by atoms with E-state index >= 15 is 0 Å². The van der Waals surface area contributed by atoms with Gasteiger partial charge >= 0.3 is 0 Å². The van der Waals surface area contributed by atoms with Gasteiger partial charge in [0.25, 0.3) is 0 Å². The number of ether oxygens (including phenoxy) is 5. The lowest BCUT2D eigenvalue weighted by atomic mass is 9.88. The van der Waals surface area contributed by atoms with E-state index in [0.29, 0.717) is 65.8 Å². The van der Waals surface area contributed by atoms with Crippen LogP contribution in [0.5, 0.6) is 0 Å². The number of ketones is 1. The SMILES string of the molecule is CC(C)(C)OCC(=O)NCCOCCOCCOCCOCCCC(=O)C(C)(C)C. The van der Waals surface area contributed by atoms with Crippen LogP contribution in [0.2, 0.25) is 0 Å². The minimum atomic E-state index is -0.324. The molecule has 0 bridgehead atoms. The zero-order valence-corrected chi connectivity index (χ0v) is 19.8. The van der Waals surface area contributed by atoms with Crippen molar-refractivity contribution in [3.8, 4) is 0 Å². The van der Waals surface area contributed by atoms with Crippen molar-refractivity contribution in [2.75, 3.05) is 66.0 Å². The molecule has 30 heavy (non-hydrogen) atoms. The predicted octanol–water partition coefficient (Wildman–Crippen LogP) is 2.38. The van der Waals surface area contributed by atoms with Crippen molar-refractivity contribution >= 4 is 11.7 Å². The molecule has 0 saturated carbocycles. The molecule has 0 aromatic rings. The molecule has 0 heterocycles. The highest BCUT2D eigenvalue weighted by atomic mass is 16.6. The fourth-order valence-electron chi connectivity index (χ4n) is 2.07. The Morgan fingerprint density at radius 2 is 1.17 bits per heavy atom. The number of hydrogen-bond donors (Lipinski definition) is 1. The van der Waals surface area contributed by atoms with Crippen LogP contribution in [-0.4, -0.2) is 83.3 Å². The van der Waals surface area contributed by atoms with Crippen LogP contribution in [0.4, 0.5) is 0 Å². The van der Waals surface area contributed by atoms with Crippen molar-refractivity contribution in [2.24, 2.45) is 5.41 Å². The Bertz CT molecular complexity index is 455.